The molecule has 0 fully saturated rings. The Balaban J connectivity index is 2.08. The number of carbonyl (C=O) groups excluding carboxylic acids is 2. The molecule has 1 amide bonds. The van der Waals surface area contributed by atoms with Gasteiger partial charge in [-0.15, -0.1) is 0 Å². The van der Waals surface area contributed by atoms with E-state index in [1.54, 1.807) is 6.07 Å². The maximum atomic E-state index is 11.9. The highest BCUT2D eigenvalue weighted by Gasteiger charge is 2.10. The van der Waals surface area contributed by atoms with Gasteiger partial charge in [0.2, 0.25) is 0 Å². The van der Waals surface area contributed by atoms with E-state index in [9.17, 15) is 14.7 Å². The van der Waals surface area contributed by atoms with Gasteiger partial charge in [-0.3, -0.25) is 4.79 Å². The third-order valence-electron chi connectivity index (χ3n) is 2.85. The van der Waals surface area contributed by atoms with E-state index in [1.807, 2.05) is 31.2 Å². The third kappa shape index (κ3) is 3.76. The fraction of sp³-hybridized carbons (Fsp3) is 0.0625. The number of aryl methyl sites for hydroxylation is 1. The van der Waals surface area contributed by atoms with Crippen LogP contribution in [0.25, 0.3) is 0 Å². The fourth-order valence-corrected chi connectivity index (χ4v) is 1.74. The van der Waals surface area contributed by atoms with Crippen LogP contribution in [0.15, 0.2) is 53.6 Å². The molecule has 106 valence electrons. The topological polar surface area (TPSA) is 81.6 Å². The second-order valence-electron chi connectivity index (χ2n) is 4.44. The zero-order chi connectivity index (χ0) is 15.2. The molecule has 0 bridgehead atoms. The summed E-state index contributed by atoms with van der Waals surface area (Å²) < 4.78 is 0. The van der Waals surface area contributed by atoms with Crippen LogP contribution in [-0.4, -0.2) is 18.1 Å². The smallest absolute Gasteiger partial charge is 0.272 e. The maximum Gasteiger partial charge on any atom is 0.272 e. The lowest BCUT2D eigenvalue weighted by molar-refractivity contribution is -0.255. The highest BCUT2D eigenvalue weighted by atomic mass is 16.4. The number of amides is 1. The van der Waals surface area contributed by atoms with Crippen molar-refractivity contribution in [1.82, 2.24) is 5.43 Å². The number of carbonyl (C=O) groups is 2. The molecule has 0 aromatic heterocycles. The van der Waals surface area contributed by atoms with Crippen LogP contribution in [0, 0.1) is 6.92 Å². The minimum Gasteiger partial charge on any atom is -0.545 e. The van der Waals surface area contributed by atoms with Crippen molar-refractivity contribution in [3.63, 3.8) is 0 Å². The van der Waals surface area contributed by atoms with E-state index in [2.05, 4.69) is 10.5 Å². The molecule has 0 radical (unpaired) electrons. The van der Waals surface area contributed by atoms with Gasteiger partial charge in [-0.1, -0.05) is 48.0 Å². The van der Waals surface area contributed by atoms with E-state index in [4.69, 9.17) is 0 Å². The quantitative estimate of drug-likeness (QED) is 0.673. The summed E-state index contributed by atoms with van der Waals surface area (Å²) in [5.41, 5.74) is 4.10. The van der Waals surface area contributed by atoms with Crippen molar-refractivity contribution in [3.8, 4) is 0 Å². The summed E-state index contributed by atoms with van der Waals surface area (Å²) in [6.07, 6.45) is 1.49. The zero-order valence-electron chi connectivity index (χ0n) is 11.4. The number of hydrazone groups is 1. The average molecular weight is 281 g/mol. The lowest BCUT2D eigenvalue weighted by atomic mass is 10.1. The fourth-order valence-electron chi connectivity index (χ4n) is 1.74. The van der Waals surface area contributed by atoms with E-state index in [0.29, 0.717) is 0 Å². The summed E-state index contributed by atoms with van der Waals surface area (Å²) in [7, 11) is 0. The number of aromatic carboxylic acids is 1. The Kier molecular flexibility index (Phi) is 4.46. The van der Waals surface area contributed by atoms with E-state index < -0.39 is 11.9 Å². The van der Waals surface area contributed by atoms with Crippen molar-refractivity contribution >= 4 is 18.1 Å². The monoisotopic (exact) mass is 281 g/mol. The molecule has 2 rings (SSSR count). The van der Waals surface area contributed by atoms with Gasteiger partial charge in [-0.2, -0.15) is 5.10 Å². The van der Waals surface area contributed by atoms with Crippen molar-refractivity contribution in [2.24, 2.45) is 5.10 Å². The van der Waals surface area contributed by atoms with Gasteiger partial charge >= 0.3 is 0 Å². The lowest BCUT2D eigenvalue weighted by Crippen LogP contribution is -2.27. The van der Waals surface area contributed by atoms with Crippen LogP contribution in [0.1, 0.15) is 31.8 Å². The lowest BCUT2D eigenvalue weighted by Gasteiger charge is -2.08. The largest absolute Gasteiger partial charge is 0.545 e. The molecule has 2 aromatic carbocycles. The van der Waals surface area contributed by atoms with Crippen LogP contribution in [0.5, 0.6) is 0 Å². The molecule has 0 spiro atoms. The Morgan fingerprint density at radius 3 is 2.29 bits per heavy atom. The first-order valence-corrected chi connectivity index (χ1v) is 6.28. The van der Waals surface area contributed by atoms with Gasteiger partial charge in [0, 0.05) is 5.56 Å². The average Bonchev–Trinajstić information content (AvgIpc) is 2.49. The van der Waals surface area contributed by atoms with Crippen LogP contribution < -0.4 is 10.5 Å². The highest BCUT2D eigenvalue weighted by molar-refractivity contribution is 6.04. The van der Waals surface area contributed by atoms with Crippen LogP contribution in [0.2, 0.25) is 0 Å². The first-order valence-electron chi connectivity index (χ1n) is 6.28. The van der Waals surface area contributed by atoms with Crippen LogP contribution in [-0.2, 0) is 0 Å². The van der Waals surface area contributed by atoms with E-state index >= 15 is 0 Å². The number of nitrogens with one attached hydrogen (secondary N) is 1. The van der Waals surface area contributed by atoms with Gasteiger partial charge in [-0.25, -0.2) is 5.43 Å². The number of benzene rings is 2. The van der Waals surface area contributed by atoms with Crippen molar-refractivity contribution in [1.29, 1.82) is 0 Å². The van der Waals surface area contributed by atoms with Gasteiger partial charge in [0.05, 0.1) is 17.7 Å². The van der Waals surface area contributed by atoms with Crippen LogP contribution in [0.3, 0.4) is 0 Å². The van der Waals surface area contributed by atoms with Gasteiger partial charge in [-0.05, 0) is 18.6 Å². The minimum atomic E-state index is -1.40. The van der Waals surface area contributed by atoms with Gasteiger partial charge in [0.25, 0.3) is 5.91 Å². The summed E-state index contributed by atoms with van der Waals surface area (Å²) in [4.78, 5) is 22.8. The summed E-state index contributed by atoms with van der Waals surface area (Å²) in [6, 6.07) is 13.4. The number of carboxylic acid groups (broad SMARTS) is 1. The SMILES string of the molecule is Cc1ccc(/C=N/NC(=O)c2ccccc2C(=O)[O-])cc1. The molecule has 5 heteroatoms. The van der Waals surface area contributed by atoms with Crippen molar-refractivity contribution in [2.75, 3.05) is 0 Å². The molecule has 0 aliphatic rings. The second kappa shape index (κ2) is 6.47. The number of carboxylic acids is 1. The predicted octanol–water partition coefficient (Wildman–Crippen LogP) is 1.12. The zero-order valence-corrected chi connectivity index (χ0v) is 11.4. The van der Waals surface area contributed by atoms with E-state index in [1.165, 1.54) is 24.4 Å². The number of hydrogen-bond donors (Lipinski definition) is 1. The molecule has 0 unspecified atom stereocenters. The maximum absolute atomic E-state index is 11.9. The molecule has 2 aromatic rings. The molecule has 0 saturated carbocycles. The third-order valence-corrected chi connectivity index (χ3v) is 2.85. The van der Waals surface area contributed by atoms with Crippen LogP contribution >= 0.6 is 0 Å². The number of nitrogens with zero attached hydrogens (tertiary/aromatic N) is 1. The Morgan fingerprint density at radius 1 is 1.05 bits per heavy atom. The summed E-state index contributed by atoms with van der Waals surface area (Å²) in [5, 5.41) is 14.7. The van der Waals surface area contributed by atoms with E-state index in [-0.39, 0.29) is 11.1 Å². The summed E-state index contributed by atoms with van der Waals surface area (Å²) >= 11 is 0. The Hall–Kier alpha value is -2.95. The van der Waals surface area contributed by atoms with Crippen molar-refractivity contribution in [2.45, 2.75) is 6.92 Å². The van der Waals surface area contributed by atoms with Crippen LogP contribution in [0.4, 0.5) is 0 Å². The standard InChI is InChI=1S/C16H14N2O3/c1-11-6-8-12(9-7-11)10-17-18-15(19)13-4-2-3-5-14(13)16(20)21/h2-10H,1H3,(H,18,19)(H,20,21)/p-1/b17-10+. The Morgan fingerprint density at radius 2 is 1.67 bits per heavy atom. The molecule has 0 aliphatic carbocycles. The summed E-state index contributed by atoms with van der Waals surface area (Å²) in [5.74, 6) is -2.00. The van der Waals surface area contributed by atoms with Crippen molar-refractivity contribution < 1.29 is 14.7 Å². The first-order chi connectivity index (χ1) is 10.1. The first kappa shape index (κ1) is 14.5. The predicted molar refractivity (Wildman–Crippen MR) is 77.0 cm³/mol. The summed E-state index contributed by atoms with van der Waals surface area (Å²) in [6.45, 7) is 1.97. The Labute approximate surface area is 121 Å². The molecule has 0 aliphatic heterocycles. The second-order valence-corrected chi connectivity index (χ2v) is 4.44. The molecule has 5 nitrogen and oxygen atoms in total. The molecule has 0 heterocycles. The van der Waals surface area contributed by atoms with Gasteiger partial charge < -0.3 is 9.90 Å². The van der Waals surface area contributed by atoms with E-state index in [0.717, 1.165) is 11.1 Å². The molecular formula is C16H13N2O3-. The number of hydrogen-bond acceptors (Lipinski definition) is 4. The minimum absolute atomic E-state index is 0.0126. The molecule has 0 saturated heterocycles. The molecule has 1 N–H and O–H groups in total. The molecular weight excluding hydrogens is 268 g/mol. The number of rotatable bonds is 4. The molecule has 0 atom stereocenters. The van der Waals surface area contributed by atoms with Gasteiger partial charge in [0.15, 0.2) is 0 Å². The van der Waals surface area contributed by atoms with Crippen molar-refractivity contribution in [3.05, 3.63) is 70.8 Å². The Bertz CT molecular complexity index is 691. The molecule has 21 heavy (non-hydrogen) atoms. The van der Waals surface area contributed by atoms with Gasteiger partial charge in [0.1, 0.15) is 0 Å². The highest BCUT2D eigenvalue weighted by Crippen LogP contribution is 2.07. The normalized spacial score (nSPS) is 10.5.